The first-order chi connectivity index (χ1) is 18.5. The number of nitrogens with one attached hydrogen (secondary N) is 1. The number of aliphatic carboxylic acids is 1. The Morgan fingerprint density at radius 3 is 2.77 bits per heavy atom. The first kappa shape index (κ1) is 28.4. The molecule has 208 valence electrons. The van der Waals surface area contributed by atoms with Crippen molar-refractivity contribution in [2.75, 3.05) is 33.4 Å². The minimum absolute atomic E-state index is 0.0162. The third-order valence-electron chi connectivity index (χ3n) is 6.07. The van der Waals surface area contributed by atoms with E-state index in [1.807, 2.05) is 4.90 Å². The molecular weight excluding hydrogens is 544 g/mol. The lowest BCUT2D eigenvalue weighted by Crippen LogP contribution is -2.46. The zero-order chi connectivity index (χ0) is 28.3. The van der Waals surface area contributed by atoms with Crippen molar-refractivity contribution in [2.45, 2.75) is 25.2 Å². The molecule has 4 rings (SSSR count). The topological polar surface area (TPSA) is 113 Å². The number of methoxy groups -OCH3 is 1. The van der Waals surface area contributed by atoms with Crippen molar-refractivity contribution >= 4 is 29.1 Å². The Bertz CT molecular complexity index is 1350. The third kappa shape index (κ3) is 6.69. The van der Waals surface area contributed by atoms with E-state index in [1.165, 1.54) is 31.4 Å². The number of hydrogen-bond acceptors (Lipinski definition) is 9. The largest absolute Gasteiger partial charge is 0.478 e. The van der Waals surface area contributed by atoms with Crippen LogP contribution in [0.3, 0.4) is 0 Å². The van der Waals surface area contributed by atoms with Crippen LogP contribution in [0.25, 0.3) is 0 Å². The Hall–Kier alpha value is -3.62. The van der Waals surface area contributed by atoms with Gasteiger partial charge in [0.2, 0.25) is 0 Å². The number of halogens is 4. The van der Waals surface area contributed by atoms with Crippen molar-refractivity contribution in [2.24, 2.45) is 4.99 Å². The van der Waals surface area contributed by atoms with Gasteiger partial charge in [-0.05, 0) is 36.3 Å². The number of ether oxygens (including phenoxy) is 2. The van der Waals surface area contributed by atoms with E-state index in [0.29, 0.717) is 23.4 Å². The number of esters is 1. The summed E-state index contributed by atoms with van der Waals surface area (Å²) in [6.07, 6.45) is -2.80. The molecule has 0 amide bonds. The Labute approximate surface area is 224 Å². The monoisotopic (exact) mass is 568 g/mol. The van der Waals surface area contributed by atoms with Crippen LogP contribution < -0.4 is 5.32 Å². The fraction of sp³-hybridized carbons (Fsp3) is 0.360. The maximum Gasteiger partial charge on any atom is 0.434 e. The van der Waals surface area contributed by atoms with Crippen molar-refractivity contribution in [3.8, 4) is 0 Å². The Morgan fingerprint density at radius 1 is 1.36 bits per heavy atom. The SMILES string of the molecule is COC(=O)C1=C(CN2CCO[C@H](/C=C/C(=O)O)C2)NC(c2nc(C(F)(F)F)cs2)=N[C@H]1c1ccc(F)cc1C. The summed E-state index contributed by atoms with van der Waals surface area (Å²) in [5.74, 6) is -2.33. The van der Waals surface area contributed by atoms with Gasteiger partial charge < -0.3 is 19.9 Å². The molecule has 9 nitrogen and oxygen atoms in total. The Morgan fingerprint density at radius 2 is 2.13 bits per heavy atom. The molecular formula is C25H24F4N4O5S. The van der Waals surface area contributed by atoms with E-state index in [-0.39, 0.29) is 36.1 Å². The Balaban J connectivity index is 1.77. The second kappa shape index (κ2) is 11.6. The summed E-state index contributed by atoms with van der Waals surface area (Å²) < 4.78 is 64.3. The van der Waals surface area contributed by atoms with Crippen LogP contribution in [-0.4, -0.2) is 72.2 Å². The lowest BCUT2D eigenvalue weighted by atomic mass is 9.92. The maximum absolute atomic E-state index is 13.9. The van der Waals surface area contributed by atoms with Gasteiger partial charge in [0.15, 0.2) is 16.5 Å². The normalized spacial score (nSPS) is 20.6. The van der Waals surface area contributed by atoms with Gasteiger partial charge in [-0.2, -0.15) is 13.2 Å². The minimum Gasteiger partial charge on any atom is -0.478 e. The first-order valence-corrected chi connectivity index (χ1v) is 12.5. The van der Waals surface area contributed by atoms with Crippen molar-refractivity contribution in [1.29, 1.82) is 0 Å². The highest BCUT2D eigenvalue weighted by Gasteiger charge is 2.37. The van der Waals surface area contributed by atoms with E-state index < -0.39 is 41.8 Å². The summed E-state index contributed by atoms with van der Waals surface area (Å²) in [5.41, 5.74) is 0.281. The number of thiazole rings is 1. The second-order valence-corrected chi connectivity index (χ2v) is 9.63. The molecule has 0 spiro atoms. The van der Waals surface area contributed by atoms with Crippen LogP contribution in [0.4, 0.5) is 17.6 Å². The van der Waals surface area contributed by atoms with Crippen LogP contribution in [0.1, 0.15) is 27.9 Å². The zero-order valence-electron chi connectivity index (χ0n) is 20.8. The molecule has 1 aromatic heterocycles. The second-order valence-electron chi connectivity index (χ2n) is 8.77. The number of alkyl halides is 3. The number of hydrogen-bond donors (Lipinski definition) is 2. The molecule has 2 N–H and O–H groups in total. The molecule has 2 aliphatic rings. The van der Waals surface area contributed by atoms with E-state index >= 15 is 0 Å². The summed E-state index contributed by atoms with van der Waals surface area (Å²) in [5, 5.41) is 12.7. The molecule has 0 saturated carbocycles. The number of carbonyl (C=O) groups is 2. The maximum atomic E-state index is 13.9. The van der Waals surface area contributed by atoms with Crippen LogP contribution in [0, 0.1) is 12.7 Å². The molecule has 0 aliphatic carbocycles. The highest BCUT2D eigenvalue weighted by atomic mass is 32.1. The van der Waals surface area contributed by atoms with Gasteiger partial charge in [-0.3, -0.25) is 9.89 Å². The number of carbonyl (C=O) groups excluding carboxylic acids is 1. The number of nitrogens with zero attached hydrogens (tertiary/aromatic N) is 3. The van der Waals surface area contributed by atoms with Crippen LogP contribution in [0.5, 0.6) is 0 Å². The summed E-state index contributed by atoms with van der Waals surface area (Å²) in [7, 11) is 1.19. The number of carboxylic acid groups (broad SMARTS) is 1. The van der Waals surface area contributed by atoms with E-state index in [2.05, 4.69) is 15.3 Å². The molecule has 2 aliphatic heterocycles. The molecule has 1 aromatic carbocycles. The van der Waals surface area contributed by atoms with Crippen molar-refractivity contribution < 1.29 is 41.7 Å². The van der Waals surface area contributed by atoms with Crippen molar-refractivity contribution in [1.82, 2.24) is 15.2 Å². The van der Waals surface area contributed by atoms with Gasteiger partial charge in [0.1, 0.15) is 11.9 Å². The minimum atomic E-state index is -4.65. The van der Waals surface area contributed by atoms with E-state index in [1.54, 1.807) is 6.92 Å². The van der Waals surface area contributed by atoms with Crippen LogP contribution in [-0.2, 0) is 25.2 Å². The van der Waals surface area contributed by atoms with Gasteiger partial charge in [0.05, 0.1) is 25.4 Å². The first-order valence-electron chi connectivity index (χ1n) is 11.7. The highest BCUT2D eigenvalue weighted by Crippen LogP contribution is 2.36. The number of rotatable bonds is 7. The molecule has 0 unspecified atom stereocenters. The summed E-state index contributed by atoms with van der Waals surface area (Å²) in [4.78, 5) is 34.1. The lowest BCUT2D eigenvalue weighted by Gasteiger charge is -2.34. The smallest absolute Gasteiger partial charge is 0.434 e. The number of amidine groups is 1. The summed E-state index contributed by atoms with van der Waals surface area (Å²) in [6, 6.07) is 2.92. The number of benzene rings is 1. The van der Waals surface area contributed by atoms with E-state index in [0.717, 1.165) is 22.8 Å². The zero-order valence-corrected chi connectivity index (χ0v) is 21.6. The fourth-order valence-corrected chi connectivity index (χ4v) is 5.04. The van der Waals surface area contributed by atoms with Gasteiger partial charge in [0, 0.05) is 36.8 Å². The number of carboxylic acids is 1. The number of morpholine rings is 1. The van der Waals surface area contributed by atoms with Crippen molar-refractivity contribution in [3.63, 3.8) is 0 Å². The van der Waals surface area contributed by atoms with E-state index in [9.17, 15) is 27.2 Å². The van der Waals surface area contributed by atoms with Crippen LogP contribution in [0.15, 0.2) is 52.0 Å². The molecule has 14 heteroatoms. The Kier molecular flexibility index (Phi) is 8.47. The number of aryl methyl sites for hydroxylation is 1. The van der Waals surface area contributed by atoms with Crippen LogP contribution in [0.2, 0.25) is 0 Å². The highest BCUT2D eigenvalue weighted by molar-refractivity contribution is 7.11. The van der Waals surface area contributed by atoms with Crippen LogP contribution >= 0.6 is 11.3 Å². The average Bonchev–Trinajstić information content (AvgIpc) is 3.38. The molecule has 3 heterocycles. The third-order valence-corrected chi connectivity index (χ3v) is 6.92. The van der Waals surface area contributed by atoms with Gasteiger partial charge in [-0.1, -0.05) is 6.07 Å². The average molecular weight is 569 g/mol. The van der Waals surface area contributed by atoms with Gasteiger partial charge in [-0.15, -0.1) is 11.3 Å². The molecule has 1 saturated heterocycles. The quantitative estimate of drug-likeness (QED) is 0.297. The summed E-state index contributed by atoms with van der Waals surface area (Å²) in [6.45, 7) is 2.73. The number of aromatic nitrogens is 1. The molecule has 1 fully saturated rings. The number of aliphatic imine (C=N–C) groups is 1. The lowest BCUT2D eigenvalue weighted by molar-refractivity contribution is -0.140. The van der Waals surface area contributed by atoms with Gasteiger partial charge in [0.25, 0.3) is 0 Å². The molecule has 2 atom stereocenters. The predicted molar refractivity (Wildman–Crippen MR) is 133 cm³/mol. The fourth-order valence-electron chi connectivity index (χ4n) is 4.27. The standard InChI is InChI=1S/C25H24F4N4O5S/c1-13-9-14(26)3-5-16(13)21-20(24(36)37-2)17(11-33-7-8-38-15(10-33)4-6-19(34)35)30-22(32-21)23-31-18(12-39-23)25(27,28)29/h3-6,9,12,15,21H,7-8,10-11H2,1-2H3,(H,30,32)(H,34,35)/b6-4+/t15-,21+/m1/s1. The van der Waals surface area contributed by atoms with Gasteiger partial charge in [-0.25, -0.2) is 19.0 Å². The summed E-state index contributed by atoms with van der Waals surface area (Å²) >= 11 is 0.738. The van der Waals surface area contributed by atoms with Gasteiger partial charge >= 0.3 is 18.1 Å². The predicted octanol–water partition coefficient (Wildman–Crippen LogP) is 3.47. The molecule has 39 heavy (non-hydrogen) atoms. The molecule has 0 radical (unpaired) electrons. The van der Waals surface area contributed by atoms with Crippen molar-refractivity contribution in [3.05, 3.63) is 74.6 Å². The molecule has 2 aromatic rings. The molecule has 0 bridgehead atoms. The van der Waals surface area contributed by atoms with E-state index in [4.69, 9.17) is 14.6 Å².